The highest BCUT2D eigenvalue weighted by Gasteiger charge is 2.31. The molecule has 0 saturated carbocycles. The average Bonchev–Trinajstić information content (AvgIpc) is 2.59. The maximum Gasteiger partial charge on any atom is 0.410 e. The molecule has 1 amide bonds. The van der Waals surface area contributed by atoms with Crippen LogP contribution in [-0.2, 0) is 4.74 Å². The lowest BCUT2D eigenvalue weighted by atomic mass is 10.2. The molecule has 16 heavy (non-hydrogen) atoms. The van der Waals surface area contributed by atoms with Gasteiger partial charge in [0.05, 0.1) is 0 Å². The molecule has 0 aliphatic carbocycles. The molecule has 1 heterocycles. The average molecular weight is 226 g/mol. The number of rotatable bonds is 2. The highest BCUT2D eigenvalue weighted by Crippen LogP contribution is 2.20. The Labute approximate surface area is 95.2 Å². The van der Waals surface area contributed by atoms with Gasteiger partial charge >= 0.3 is 6.09 Å². The second-order valence-corrected chi connectivity index (χ2v) is 4.88. The topological polar surface area (TPSA) is 78.3 Å². The predicted molar refractivity (Wildman–Crippen MR) is 60.0 cm³/mol. The van der Waals surface area contributed by atoms with Gasteiger partial charge < -0.3 is 9.64 Å². The molecule has 1 rings (SSSR count). The van der Waals surface area contributed by atoms with Gasteiger partial charge in [-0.1, -0.05) is 5.11 Å². The molecule has 90 valence electrons. The molecule has 0 aromatic rings. The quantitative estimate of drug-likeness (QED) is 0.412. The van der Waals surface area contributed by atoms with Crippen LogP contribution in [0.2, 0.25) is 0 Å². The van der Waals surface area contributed by atoms with E-state index in [1.54, 1.807) is 4.90 Å². The van der Waals surface area contributed by atoms with E-state index in [9.17, 15) is 4.79 Å². The fraction of sp³-hybridized carbons (Fsp3) is 0.900. The minimum atomic E-state index is -0.483. The number of azide groups is 1. The molecule has 1 aliphatic rings. The molecule has 0 N–H and O–H groups in total. The third kappa shape index (κ3) is 3.62. The zero-order valence-electron chi connectivity index (χ0n) is 10.0. The summed E-state index contributed by atoms with van der Waals surface area (Å²) in [5.74, 6) is 0. The van der Waals surface area contributed by atoms with Gasteiger partial charge in [0.2, 0.25) is 0 Å². The van der Waals surface area contributed by atoms with Gasteiger partial charge in [-0.15, -0.1) is 0 Å². The lowest BCUT2D eigenvalue weighted by Gasteiger charge is -2.27. The molecule has 6 heteroatoms. The minimum Gasteiger partial charge on any atom is -0.444 e. The van der Waals surface area contributed by atoms with E-state index < -0.39 is 5.60 Å². The number of hydrogen-bond donors (Lipinski definition) is 0. The second kappa shape index (κ2) is 5.07. The zero-order chi connectivity index (χ0) is 12.2. The Kier molecular flexibility index (Phi) is 4.01. The van der Waals surface area contributed by atoms with Gasteiger partial charge in [0.1, 0.15) is 5.60 Å². The van der Waals surface area contributed by atoms with E-state index >= 15 is 0 Å². The number of amides is 1. The summed E-state index contributed by atoms with van der Waals surface area (Å²) in [4.78, 5) is 16.2. The molecule has 0 aromatic carbocycles. The highest BCUT2D eigenvalue weighted by atomic mass is 16.6. The van der Waals surface area contributed by atoms with E-state index in [-0.39, 0.29) is 12.1 Å². The number of carbonyl (C=O) groups excluding carboxylic acids is 1. The summed E-state index contributed by atoms with van der Waals surface area (Å²) in [7, 11) is 0. The van der Waals surface area contributed by atoms with Crippen molar-refractivity contribution >= 4 is 6.09 Å². The Bertz CT molecular complexity index is 304. The number of likely N-dealkylation sites (tertiary alicyclic amines) is 1. The lowest BCUT2D eigenvalue weighted by molar-refractivity contribution is 0.0232. The van der Waals surface area contributed by atoms with Crippen LogP contribution in [0.1, 0.15) is 33.6 Å². The van der Waals surface area contributed by atoms with E-state index in [0.717, 1.165) is 12.8 Å². The van der Waals surface area contributed by atoms with Crippen molar-refractivity contribution in [1.82, 2.24) is 4.90 Å². The van der Waals surface area contributed by atoms with Gasteiger partial charge in [0.15, 0.2) is 0 Å². The first kappa shape index (κ1) is 12.6. The second-order valence-electron chi connectivity index (χ2n) is 4.88. The number of ether oxygens (including phenoxy) is 1. The molecule has 0 bridgehead atoms. The van der Waals surface area contributed by atoms with E-state index in [1.165, 1.54) is 0 Å². The monoisotopic (exact) mass is 226 g/mol. The third-order valence-corrected chi connectivity index (χ3v) is 2.36. The maximum atomic E-state index is 11.8. The van der Waals surface area contributed by atoms with E-state index in [2.05, 4.69) is 10.0 Å². The third-order valence-electron chi connectivity index (χ3n) is 2.36. The normalized spacial score (nSPS) is 20.4. The number of nitrogens with zero attached hydrogens (tertiary/aromatic N) is 4. The molecule has 0 spiro atoms. The van der Waals surface area contributed by atoms with Crippen molar-refractivity contribution in [2.24, 2.45) is 5.11 Å². The summed E-state index contributed by atoms with van der Waals surface area (Å²) in [6.45, 7) is 6.52. The first-order valence-corrected chi connectivity index (χ1v) is 5.44. The van der Waals surface area contributed by atoms with Crippen LogP contribution >= 0.6 is 0 Å². The van der Waals surface area contributed by atoms with Crippen LogP contribution in [0.15, 0.2) is 5.11 Å². The summed E-state index contributed by atoms with van der Waals surface area (Å²) in [6.07, 6.45) is 1.49. The zero-order valence-corrected chi connectivity index (χ0v) is 10.0. The lowest BCUT2D eigenvalue weighted by Crippen LogP contribution is -2.40. The molecule has 1 fully saturated rings. The van der Waals surface area contributed by atoms with Gasteiger partial charge in [-0.2, -0.15) is 0 Å². The Hall–Kier alpha value is -1.42. The molecular weight excluding hydrogens is 208 g/mol. The Morgan fingerprint density at radius 3 is 2.88 bits per heavy atom. The summed E-state index contributed by atoms with van der Waals surface area (Å²) < 4.78 is 5.28. The standard InChI is InChI=1S/C10H18N4O2/c1-10(2,3)16-9(15)14-6-4-5-8(14)7-12-13-11/h8H,4-7H2,1-3H3. The molecule has 6 nitrogen and oxygen atoms in total. The first-order valence-electron chi connectivity index (χ1n) is 5.44. The fourth-order valence-corrected chi connectivity index (χ4v) is 1.72. The first-order chi connectivity index (χ1) is 7.44. The van der Waals surface area contributed by atoms with Crippen LogP contribution in [0, 0.1) is 0 Å². The van der Waals surface area contributed by atoms with Gasteiger partial charge in [0.25, 0.3) is 0 Å². The van der Waals surface area contributed by atoms with Crippen LogP contribution in [0.5, 0.6) is 0 Å². The summed E-state index contributed by atoms with van der Waals surface area (Å²) in [5, 5.41) is 3.51. The number of hydrogen-bond acceptors (Lipinski definition) is 3. The highest BCUT2D eigenvalue weighted by molar-refractivity contribution is 5.69. The number of carbonyl (C=O) groups is 1. The predicted octanol–water partition coefficient (Wildman–Crippen LogP) is 2.70. The molecule has 1 saturated heterocycles. The fourth-order valence-electron chi connectivity index (χ4n) is 1.72. The van der Waals surface area contributed by atoms with Crippen LogP contribution < -0.4 is 0 Å². The molecule has 1 aliphatic heterocycles. The van der Waals surface area contributed by atoms with Crippen molar-refractivity contribution in [2.75, 3.05) is 13.1 Å². The molecular formula is C10H18N4O2. The van der Waals surface area contributed by atoms with Gasteiger partial charge in [0, 0.05) is 24.0 Å². The van der Waals surface area contributed by atoms with Crippen molar-refractivity contribution in [3.63, 3.8) is 0 Å². The summed E-state index contributed by atoms with van der Waals surface area (Å²) in [5.41, 5.74) is 7.78. The van der Waals surface area contributed by atoms with E-state index in [1.807, 2.05) is 20.8 Å². The van der Waals surface area contributed by atoms with Crippen molar-refractivity contribution in [3.8, 4) is 0 Å². The van der Waals surface area contributed by atoms with Gasteiger partial charge in [-0.25, -0.2) is 4.79 Å². The molecule has 1 atom stereocenters. The molecule has 0 aromatic heterocycles. The van der Waals surface area contributed by atoms with E-state index in [0.29, 0.717) is 13.1 Å². The molecule has 1 unspecified atom stereocenters. The maximum absolute atomic E-state index is 11.8. The summed E-state index contributed by atoms with van der Waals surface area (Å²) >= 11 is 0. The SMILES string of the molecule is CC(C)(C)OC(=O)N1CCCC1CN=[N+]=[N-]. The van der Waals surface area contributed by atoms with Crippen LogP contribution in [0.25, 0.3) is 10.4 Å². The van der Waals surface area contributed by atoms with Crippen LogP contribution in [0.3, 0.4) is 0 Å². The Balaban J connectivity index is 2.57. The van der Waals surface area contributed by atoms with Crippen LogP contribution in [0.4, 0.5) is 4.79 Å². The van der Waals surface area contributed by atoms with Gasteiger partial charge in [-0.05, 0) is 39.1 Å². The van der Waals surface area contributed by atoms with Crippen molar-refractivity contribution in [1.29, 1.82) is 0 Å². The Morgan fingerprint density at radius 2 is 2.31 bits per heavy atom. The minimum absolute atomic E-state index is 0.00856. The van der Waals surface area contributed by atoms with Gasteiger partial charge in [-0.3, -0.25) is 0 Å². The Morgan fingerprint density at radius 1 is 1.62 bits per heavy atom. The largest absolute Gasteiger partial charge is 0.444 e. The van der Waals surface area contributed by atoms with Crippen LogP contribution in [-0.4, -0.2) is 35.7 Å². The van der Waals surface area contributed by atoms with Crippen molar-refractivity contribution in [2.45, 2.75) is 45.3 Å². The smallest absolute Gasteiger partial charge is 0.410 e. The van der Waals surface area contributed by atoms with Crippen molar-refractivity contribution < 1.29 is 9.53 Å². The summed E-state index contributed by atoms with van der Waals surface area (Å²) in [6, 6.07) is -0.00856. The van der Waals surface area contributed by atoms with Crippen molar-refractivity contribution in [3.05, 3.63) is 10.4 Å². The van der Waals surface area contributed by atoms with E-state index in [4.69, 9.17) is 10.3 Å². The molecule has 0 radical (unpaired) electrons.